The van der Waals surface area contributed by atoms with Crippen LogP contribution in [0.1, 0.15) is 23.0 Å². The zero-order valence-electron chi connectivity index (χ0n) is 9.56. The number of aryl methyl sites for hydroxylation is 2. The summed E-state index contributed by atoms with van der Waals surface area (Å²) >= 11 is 0. The highest BCUT2D eigenvalue weighted by Crippen LogP contribution is 2.21. The Hall–Kier alpha value is -1.36. The summed E-state index contributed by atoms with van der Waals surface area (Å²) in [4.78, 5) is 12.8. The van der Waals surface area contributed by atoms with Gasteiger partial charge in [0.1, 0.15) is 5.82 Å². The quantitative estimate of drug-likeness (QED) is 0.730. The average molecular weight is 211 g/mol. The Morgan fingerprint density at radius 3 is 2.73 bits per heavy atom. The molecular weight excluding hydrogens is 194 g/mol. The van der Waals surface area contributed by atoms with Gasteiger partial charge in [0.15, 0.2) is 6.29 Å². The normalized spacial score (nSPS) is 12.6. The van der Waals surface area contributed by atoms with E-state index in [2.05, 4.69) is 5.10 Å². The molecule has 15 heavy (non-hydrogen) atoms. The number of aliphatic hydroxyl groups is 1. The van der Waals surface area contributed by atoms with Crippen molar-refractivity contribution < 1.29 is 9.90 Å². The number of hydrogen-bond acceptors (Lipinski definition) is 4. The minimum atomic E-state index is -0.0431. The molecule has 0 saturated carbocycles. The van der Waals surface area contributed by atoms with Gasteiger partial charge in [0, 0.05) is 14.1 Å². The molecule has 0 aliphatic heterocycles. The molecule has 0 spiro atoms. The molecule has 1 aromatic rings. The van der Waals surface area contributed by atoms with Crippen molar-refractivity contribution in [3.8, 4) is 0 Å². The van der Waals surface area contributed by atoms with E-state index >= 15 is 0 Å². The lowest BCUT2D eigenvalue weighted by Crippen LogP contribution is -2.33. The fraction of sp³-hybridized carbons (Fsp3) is 0.600. The molecule has 0 aliphatic carbocycles. The molecule has 1 unspecified atom stereocenters. The van der Waals surface area contributed by atoms with E-state index in [4.69, 9.17) is 5.11 Å². The number of aldehydes is 1. The van der Waals surface area contributed by atoms with Crippen LogP contribution in [0.5, 0.6) is 0 Å². The summed E-state index contributed by atoms with van der Waals surface area (Å²) < 4.78 is 1.66. The van der Waals surface area contributed by atoms with Gasteiger partial charge in [-0.15, -0.1) is 0 Å². The molecule has 1 N–H and O–H groups in total. The SMILES string of the molecule is Cc1nn(C)c(N(C)C(C)CO)c1C=O. The van der Waals surface area contributed by atoms with Crippen LogP contribution in [0.15, 0.2) is 0 Å². The number of aromatic nitrogens is 2. The first-order valence-electron chi connectivity index (χ1n) is 4.85. The van der Waals surface area contributed by atoms with Gasteiger partial charge in [0.25, 0.3) is 0 Å². The number of likely N-dealkylation sites (N-methyl/N-ethyl adjacent to an activating group) is 1. The minimum Gasteiger partial charge on any atom is -0.394 e. The molecule has 1 atom stereocenters. The second-order valence-corrected chi connectivity index (χ2v) is 3.71. The van der Waals surface area contributed by atoms with Crippen LogP contribution in [0.25, 0.3) is 0 Å². The van der Waals surface area contributed by atoms with Gasteiger partial charge in [-0.2, -0.15) is 5.10 Å². The molecule has 0 bridgehead atoms. The van der Waals surface area contributed by atoms with Gasteiger partial charge < -0.3 is 10.0 Å². The van der Waals surface area contributed by atoms with E-state index in [1.54, 1.807) is 18.7 Å². The van der Waals surface area contributed by atoms with Gasteiger partial charge in [-0.3, -0.25) is 9.48 Å². The Labute approximate surface area is 89.3 Å². The molecule has 1 aromatic heterocycles. The summed E-state index contributed by atoms with van der Waals surface area (Å²) in [5, 5.41) is 13.2. The first-order chi connectivity index (χ1) is 7.02. The Morgan fingerprint density at radius 1 is 1.67 bits per heavy atom. The van der Waals surface area contributed by atoms with Crippen molar-refractivity contribution in [1.29, 1.82) is 0 Å². The lowest BCUT2D eigenvalue weighted by molar-refractivity contribution is 0.112. The molecule has 5 heteroatoms. The van der Waals surface area contributed by atoms with Gasteiger partial charge in [0.2, 0.25) is 0 Å². The van der Waals surface area contributed by atoms with Crippen molar-refractivity contribution in [2.24, 2.45) is 7.05 Å². The second-order valence-electron chi connectivity index (χ2n) is 3.71. The van der Waals surface area contributed by atoms with Crippen LogP contribution in [0.3, 0.4) is 0 Å². The summed E-state index contributed by atoms with van der Waals surface area (Å²) in [5.41, 5.74) is 1.29. The van der Waals surface area contributed by atoms with Gasteiger partial charge in [-0.1, -0.05) is 0 Å². The predicted octanol–water partition coefficient (Wildman–Crippen LogP) is 0.358. The molecule has 0 fully saturated rings. The maximum Gasteiger partial charge on any atom is 0.155 e. The summed E-state index contributed by atoms with van der Waals surface area (Å²) in [6, 6.07) is -0.0431. The molecule has 0 aromatic carbocycles. The topological polar surface area (TPSA) is 58.4 Å². The van der Waals surface area contributed by atoms with Crippen LogP contribution >= 0.6 is 0 Å². The van der Waals surface area contributed by atoms with Crippen LogP contribution in [0.2, 0.25) is 0 Å². The van der Waals surface area contributed by atoms with Crippen LogP contribution in [0.4, 0.5) is 5.82 Å². The first kappa shape index (κ1) is 11.7. The summed E-state index contributed by atoms with van der Waals surface area (Å²) in [6.45, 7) is 3.72. The third-order valence-corrected chi connectivity index (χ3v) is 2.61. The highest BCUT2D eigenvalue weighted by Gasteiger charge is 2.19. The van der Waals surface area contributed by atoms with Crippen LogP contribution in [0, 0.1) is 6.92 Å². The molecule has 0 aliphatic rings. The monoisotopic (exact) mass is 211 g/mol. The Bertz CT molecular complexity index is 360. The van der Waals surface area contributed by atoms with Crippen LogP contribution in [-0.2, 0) is 7.05 Å². The van der Waals surface area contributed by atoms with Crippen molar-refractivity contribution in [2.75, 3.05) is 18.6 Å². The Balaban J connectivity index is 3.17. The molecule has 0 radical (unpaired) electrons. The lowest BCUT2D eigenvalue weighted by Gasteiger charge is -2.25. The smallest absolute Gasteiger partial charge is 0.155 e. The van der Waals surface area contributed by atoms with E-state index in [1.807, 2.05) is 18.9 Å². The van der Waals surface area contributed by atoms with Crippen LogP contribution in [-0.4, -0.2) is 40.9 Å². The zero-order chi connectivity index (χ0) is 11.6. The number of carbonyl (C=O) groups excluding carboxylic acids is 1. The Morgan fingerprint density at radius 2 is 2.27 bits per heavy atom. The van der Waals surface area contributed by atoms with Crippen molar-refractivity contribution in [3.05, 3.63) is 11.3 Å². The maximum atomic E-state index is 10.9. The molecule has 1 heterocycles. The van der Waals surface area contributed by atoms with Crippen LogP contribution < -0.4 is 4.90 Å². The predicted molar refractivity (Wildman–Crippen MR) is 58.3 cm³/mol. The molecule has 84 valence electrons. The van der Waals surface area contributed by atoms with Gasteiger partial charge in [-0.05, 0) is 13.8 Å². The largest absolute Gasteiger partial charge is 0.394 e. The maximum absolute atomic E-state index is 10.9. The zero-order valence-corrected chi connectivity index (χ0v) is 9.56. The fourth-order valence-electron chi connectivity index (χ4n) is 1.55. The van der Waals surface area contributed by atoms with Crippen molar-refractivity contribution in [3.63, 3.8) is 0 Å². The second kappa shape index (κ2) is 4.44. The minimum absolute atomic E-state index is 0.0407. The van der Waals surface area contributed by atoms with E-state index in [-0.39, 0.29) is 12.6 Å². The number of carbonyl (C=O) groups is 1. The van der Waals surface area contributed by atoms with E-state index in [1.165, 1.54) is 0 Å². The fourth-order valence-corrected chi connectivity index (χ4v) is 1.55. The van der Waals surface area contributed by atoms with Crippen molar-refractivity contribution in [2.45, 2.75) is 19.9 Å². The van der Waals surface area contributed by atoms with Gasteiger partial charge >= 0.3 is 0 Å². The third-order valence-electron chi connectivity index (χ3n) is 2.61. The van der Waals surface area contributed by atoms with E-state index in [9.17, 15) is 4.79 Å². The lowest BCUT2D eigenvalue weighted by atomic mass is 10.2. The number of aliphatic hydroxyl groups excluding tert-OH is 1. The average Bonchev–Trinajstić information content (AvgIpc) is 2.50. The number of anilines is 1. The van der Waals surface area contributed by atoms with E-state index in [0.717, 1.165) is 12.1 Å². The van der Waals surface area contributed by atoms with Gasteiger partial charge in [-0.25, -0.2) is 0 Å². The molecular formula is C10H17N3O2. The highest BCUT2D eigenvalue weighted by atomic mass is 16.3. The molecule has 1 rings (SSSR count). The number of rotatable bonds is 4. The molecule has 0 amide bonds. The standard InChI is InChI=1S/C10H17N3O2/c1-7(5-14)12(3)10-9(6-15)8(2)11-13(10)4/h6-7,14H,5H2,1-4H3. The molecule has 0 saturated heterocycles. The van der Waals surface area contributed by atoms with Crippen molar-refractivity contribution in [1.82, 2.24) is 9.78 Å². The Kier molecular flexibility index (Phi) is 3.47. The van der Waals surface area contributed by atoms with Crippen molar-refractivity contribution >= 4 is 12.1 Å². The summed E-state index contributed by atoms with van der Waals surface area (Å²) in [5.74, 6) is 0.740. The van der Waals surface area contributed by atoms with E-state index in [0.29, 0.717) is 11.3 Å². The van der Waals surface area contributed by atoms with Gasteiger partial charge in [0.05, 0.1) is 23.9 Å². The number of hydrogen-bond donors (Lipinski definition) is 1. The van der Waals surface area contributed by atoms with E-state index < -0.39 is 0 Å². The molecule has 5 nitrogen and oxygen atoms in total. The summed E-state index contributed by atoms with van der Waals surface area (Å²) in [6.07, 6.45) is 0.804. The third kappa shape index (κ3) is 2.02. The highest BCUT2D eigenvalue weighted by molar-refractivity contribution is 5.84. The summed E-state index contributed by atoms with van der Waals surface area (Å²) in [7, 11) is 3.63. The number of nitrogens with zero attached hydrogens (tertiary/aromatic N) is 3. The first-order valence-corrected chi connectivity index (χ1v) is 4.85.